The zero-order valence-electron chi connectivity index (χ0n) is 16.7. The van der Waals surface area contributed by atoms with Crippen LogP contribution in [-0.2, 0) is 18.3 Å². The number of hydrogen-bond donors (Lipinski definition) is 1. The summed E-state index contributed by atoms with van der Waals surface area (Å²) in [5.74, 6) is 0.139. The lowest BCUT2D eigenvalue weighted by molar-refractivity contribution is 0.357. The number of aryl methyl sites for hydroxylation is 2. The Bertz CT molecular complexity index is 1310. The van der Waals surface area contributed by atoms with Crippen LogP contribution in [0.4, 0.5) is 8.78 Å². The lowest BCUT2D eigenvalue weighted by Crippen LogP contribution is -2.27. The molecule has 0 spiro atoms. The summed E-state index contributed by atoms with van der Waals surface area (Å²) in [5, 5.41) is 4.69. The molecule has 0 saturated heterocycles. The molecule has 158 valence electrons. The summed E-state index contributed by atoms with van der Waals surface area (Å²) in [7, 11) is 0. The van der Waals surface area contributed by atoms with Gasteiger partial charge in [-0.2, -0.15) is 4.98 Å². The van der Waals surface area contributed by atoms with Crippen LogP contribution in [0, 0.1) is 11.6 Å². The number of aromatic amines is 1. The van der Waals surface area contributed by atoms with Crippen LogP contribution in [0.2, 0.25) is 0 Å². The summed E-state index contributed by atoms with van der Waals surface area (Å²) in [6.07, 6.45) is 3.96. The fourth-order valence-corrected chi connectivity index (χ4v) is 4.50. The van der Waals surface area contributed by atoms with Crippen LogP contribution >= 0.6 is 0 Å². The summed E-state index contributed by atoms with van der Waals surface area (Å²) in [6, 6.07) is 10.8. The SMILES string of the molecule is O=c1[nH]c(CCc2nc(C3(c4ccc(F)cc4F)CCCC3)no2)nc2ccccc12. The molecule has 1 N–H and O–H groups in total. The Labute approximate surface area is 176 Å². The number of hydrogen-bond acceptors (Lipinski definition) is 5. The summed E-state index contributed by atoms with van der Waals surface area (Å²) in [4.78, 5) is 24.1. The van der Waals surface area contributed by atoms with Crippen LogP contribution in [0.15, 0.2) is 51.8 Å². The van der Waals surface area contributed by atoms with Crippen LogP contribution in [0.5, 0.6) is 0 Å². The van der Waals surface area contributed by atoms with Crippen molar-refractivity contribution in [3.05, 3.63) is 87.6 Å². The van der Waals surface area contributed by atoms with Crippen LogP contribution in [-0.4, -0.2) is 20.1 Å². The fourth-order valence-electron chi connectivity index (χ4n) is 4.50. The second kappa shape index (κ2) is 7.68. The third kappa shape index (κ3) is 3.52. The number of nitrogens with zero attached hydrogens (tertiary/aromatic N) is 3. The van der Waals surface area contributed by atoms with Crippen molar-refractivity contribution >= 4 is 10.9 Å². The Kier molecular flexibility index (Phi) is 4.84. The fraction of sp³-hybridized carbons (Fsp3) is 0.304. The average Bonchev–Trinajstić information content (AvgIpc) is 3.43. The number of halogens is 2. The predicted octanol–water partition coefficient (Wildman–Crippen LogP) is 4.23. The first-order valence-electron chi connectivity index (χ1n) is 10.3. The molecule has 0 atom stereocenters. The third-order valence-electron chi connectivity index (χ3n) is 6.04. The molecule has 1 aliphatic rings. The molecular weight excluding hydrogens is 402 g/mol. The van der Waals surface area contributed by atoms with Gasteiger partial charge in [-0.3, -0.25) is 4.79 Å². The zero-order chi connectivity index (χ0) is 21.4. The zero-order valence-corrected chi connectivity index (χ0v) is 16.7. The highest BCUT2D eigenvalue weighted by molar-refractivity contribution is 5.77. The molecule has 5 rings (SSSR count). The minimum atomic E-state index is -0.713. The van der Waals surface area contributed by atoms with Gasteiger partial charge in [0.15, 0.2) is 5.82 Å². The molecule has 1 fully saturated rings. The van der Waals surface area contributed by atoms with Gasteiger partial charge in [0.1, 0.15) is 17.5 Å². The van der Waals surface area contributed by atoms with E-state index in [1.807, 2.05) is 6.07 Å². The first-order chi connectivity index (χ1) is 15.0. The highest BCUT2D eigenvalue weighted by atomic mass is 19.1. The number of rotatable bonds is 5. The summed E-state index contributed by atoms with van der Waals surface area (Å²) < 4.78 is 33.5. The molecular formula is C23H20F2N4O2. The minimum Gasteiger partial charge on any atom is -0.339 e. The molecule has 0 unspecified atom stereocenters. The average molecular weight is 422 g/mol. The Hall–Kier alpha value is -3.42. The molecule has 2 aromatic heterocycles. The highest BCUT2D eigenvalue weighted by Crippen LogP contribution is 2.46. The van der Waals surface area contributed by atoms with Crippen LogP contribution in [0.3, 0.4) is 0 Å². The van der Waals surface area contributed by atoms with Gasteiger partial charge in [-0.25, -0.2) is 13.8 Å². The van der Waals surface area contributed by atoms with Gasteiger partial charge in [-0.15, -0.1) is 0 Å². The molecule has 31 heavy (non-hydrogen) atoms. The Morgan fingerprint density at radius 3 is 2.65 bits per heavy atom. The topological polar surface area (TPSA) is 84.7 Å². The van der Waals surface area contributed by atoms with E-state index < -0.39 is 17.0 Å². The smallest absolute Gasteiger partial charge is 0.258 e. The minimum absolute atomic E-state index is 0.191. The Balaban J connectivity index is 1.41. The Morgan fingerprint density at radius 2 is 1.84 bits per heavy atom. The summed E-state index contributed by atoms with van der Waals surface area (Å²) in [5.41, 5.74) is 0.127. The lowest BCUT2D eigenvalue weighted by Gasteiger charge is -2.26. The molecule has 0 radical (unpaired) electrons. The predicted molar refractivity (Wildman–Crippen MR) is 110 cm³/mol. The number of H-pyrrole nitrogens is 1. The van der Waals surface area contributed by atoms with E-state index in [9.17, 15) is 13.6 Å². The number of aromatic nitrogens is 4. The van der Waals surface area contributed by atoms with E-state index >= 15 is 0 Å². The van der Waals surface area contributed by atoms with Crippen molar-refractivity contribution in [2.24, 2.45) is 0 Å². The number of fused-ring (bicyclic) bond motifs is 1. The molecule has 1 aliphatic carbocycles. The first kappa shape index (κ1) is 19.5. The van der Waals surface area contributed by atoms with Gasteiger partial charge in [-0.05, 0) is 31.0 Å². The second-order valence-corrected chi connectivity index (χ2v) is 7.95. The summed E-state index contributed by atoms with van der Waals surface area (Å²) in [6.45, 7) is 0. The first-order valence-corrected chi connectivity index (χ1v) is 10.3. The third-order valence-corrected chi connectivity index (χ3v) is 6.04. The molecule has 2 aromatic carbocycles. The van der Waals surface area contributed by atoms with Gasteiger partial charge in [0, 0.05) is 24.5 Å². The van der Waals surface area contributed by atoms with Crippen molar-refractivity contribution in [1.29, 1.82) is 0 Å². The second-order valence-electron chi connectivity index (χ2n) is 7.95. The van der Waals surface area contributed by atoms with E-state index in [-0.39, 0.29) is 5.56 Å². The van der Waals surface area contributed by atoms with Crippen molar-refractivity contribution in [3.63, 3.8) is 0 Å². The van der Waals surface area contributed by atoms with E-state index in [2.05, 4.69) is 20.1 Å². The number of benzene rings is 2. The van der Waals surface area contributed by atoms with Gasteiger partial charge < -0.3 is 9.51 Å². The maximum Gasteiger partial charge on any atom is 0.258 e. The number of para-hydroxylation sites is 1. The van der Waals surface area contributed by atoms with Gasteiger partial charge in [0.05, 0.1) is 16.3 Å². The van der Waals surface area contributed by atoms with Crippen molar-refractivity contribution < 1.29 is 13.3 Å². The van der Waals surface area contributed by atoms with Gasteiger partial charge in [0.2, 0.25) is 5.89 Å². The molecule has 0 bridgehead atoms. The molecule has 0 amide bonds. The van der Waals surface area contributed by atoms with Gasteiger partial charge in [-0.1, -0.05) is 36.2 Å². The maximum absolute atomic E-state index is 14.6. The van der Waals surface area contributed by atoms with Crippen LogP contribution in [0.1, 0.15) is 48.8 Å². The van der Waals surface area contributed by atoms with E-state index in [1.165, 1.54) is 12.1 Å². The molecule has 1 saturated carbocycles. The molecule has 8 heteroatoms. The van der Waals surface area contributed by atoms with E-state index in [0.29, 0.717) is 59.7 Å². The maximum atomic E-state index is 14.6. The number of nitrogens with one attached hydrogen (secondary N) is 1. The van der Waals surface area contributed by atoms with Gasteiger partial charge in [0.25, 0.3) is 5.56 Å². The van der Waals surface area contributed by atoms with Crippen molar-refractivity contribution in [3.8, 4) is 0 Å². The standard InChI is InChI=1S/C23H20F2N4O2/c24-14-7-8-16(17(25)13-14)23(11-3-4-12-23)22-28-20(31-29-22)10-9-19-26-18-6-2-1-5-15(18)21(30)27-19/h1-2,5-8,13H,3-4,9-12H2,(H,26,27,30). The van der Waals surface area contributed by atoms with Crippen molar-refractivity contribution in [2.45, 2.75) is 43.9 Å². The van der Waals surface area contributed by atoms with Gasteiger partial charge >= 0.3 is 0 Å². The van der Waals surface area contributed by atoms with Crippen LogP contribution < -0.4 is 5.56 Å². The highest BCUT2D eigenvalue weighted by Gasteiger charge is 2.43. The normalized spacial score (nSPS) is 15.5. The largest absolute Gasteiger partial charge is 0.339 e. The molecule has 6 nitrogen and oxygen atoms in total. The van der Waals surface area contributed by atoms with E-state index in [0.717, 1.165) is 18.9 Å². The monoisotopic (exact) mass is 422 g/mol. The molecule has 2 heterocycles. The van der Waals surface area contributed by atoms with Crippen molar-refractivity contribution in [1.82, 2.24) is 20.1 Å². The van der Waals surface area contributed by atoms with E-state index in [1.54, 1.807) is 18.2 Å². The van der Waals surface area contributed by atoms with Crippen molar-refractivity contribution in [2.75, 3.05) is 0 Å². The molecule has 4 aromatic rings. The van der Waals surface area contributed by atoms with E-state index in [4.69, 9.17) is 4.52 Å². The van der Waals surface area contributed by atoms with Crippen LogP contribution in [0.25, 0.3) is 10.9 Å². The molecule has 0 aliphatic heterocycles. The lowest BCUT2D eigenvalue weighted by atomic mass is 9.78. The summed E-state index contributed by atoms with van der Waals surface area (Å²) >= 11 is 0. The quantitative estimate of drug-likeness (QED) is 0.520. The Morgan fingerprint density at radius 1 is 1.03 bits per heavy atom.